The van der Waals surface area contributed by atoms with E-state index in [-0.39, 0.29) is 23.8 Å². The smallest absolute Gasteiger partial charge is 0.251 e. The van der Waals surface area contributed by atoms with Crippen LogP contribution in [0.4, 0.5) is 0 Å². The van der Waals surface area contributed by atoms with E-state index in [1.54, 1.807) is 7.11 Å². The molecule has 4 rings (SSSR count). The molecule has 0 bridgehead atoms. The fourth-order valence-corrected chi connectivity index (χ4v) is 4.88. The van der Waals surface area contributed by atoms with Gasteiger partial charge < -0.3 is 10.1 Å². The first-order valence-corrected chi connectivity index (χ1v) is 11.2. The number of ether oxygens (including phenoxy) is 1. The van der Waals surface area contributed by atoms with Gasteiger partial charge in [0.15, 0.2) is 0 Å². The van der Waals surface area contributed by atoms with Crippen molar-refractivity contribution in [1.29, 1.82) is 0 Å². The summed E-state index contributed by atoms with van der Waals surface area (Å²) in [7, 11) is 1.65. The van der Waals surface area contributed by atoms with Gasteiger partial charge in [0.1, 0.15) is 5.75 Å². The summed E-state index contributed by atoms with van der Waals surface area (Å²) in [5, 5.41) is 3.01. The molecule has 2 aromatic carbocycles. The Bertz CT molecular complexity index is 930. The van der Waals surface area contributed by atoms with Gasteiger partial charge in [-0.15, -0.1) is 0 Å². The normalized spacial score (nSPS) is 22.9. The van der Waals surface area contributed by atoms with E-state index in [0.717, 1.165) is 49.0 Å². The third kappa shape index (κ3) is 5.25. The molecular formula is C25H31N3O3. The molecule has 31 heavy (non-hydrogen) atoms. The predicted molar refractivity (Wildman–Crippen MR) is 120 cm³/mol. The molecule has 2 aromatic rings. The summed E-state index contributed by atoms with van der Waals surface area (Å²) in [6.07, 6.45) is 5.92. The predicted octanol–water partition coefficient (Wildman–Crippen LogP) is 3.02. The molecule has 164 valence electrons. The fraction of sp³-hybridized carbons (Fsp3) is 0.440. The largest absolute Gasteiger partial charge is 0.497 e. The summed E-state index contributed by atoms with van der Waals surface area (Å²) in [6, 6.07) is 15.9. The Kier molecular flexibility index (Phi) is 6.87. The number of benzene rings is 2. The van der Waals surface area contributed by atoms with E-state index in [1.807, 2.05) is 42.5 Å². The number of nitrogens with one attached hydrogen (secondary N) is 3. The SMILES string of the molecule is COc1cccc(CCNC(=O)c2cccc(CC3NNC(=O)C4CCCCC34)c2)c1. The summed E-state index contributed by atoms with van der Waals surface area (Å²) in [5.74, 6) is 1.37. The lowest BCUT2D eigenvalue weighted by molar-refractivity contribution is -0.133. The molecule has 6 heteroatoms. The molecule has 0 radical (unpaired) electrons. The van der Waals surface area contributed by atoms with Crippen LogP contribution in [0.2, 0.25) is 0 Å². The van der Waals surface area contributed by atoms with Crippen molar-refractivity contribution in [3.63, 3.8) is 0 Å². The van der Waals surface area contributed by atoms with Crippen LogP contribution in [0.1, 0.15) is 47.2 Å². The van der Waals surface area contributed by atoms with Gasteiger partial charge in [-0.25, -0.2) is 5.43 Å². The van der Waals surface area contributed by atoms with Crippen molar-refractivity contribution in [3.8, 4) is 5.75 Å². The molecule has 1 heterocycles. The molecule has 3 atom stereocenters. The summed E-state index contributed by atoms with van der Waals surface area (Å²) in [5.41, 5.74) is 8.99. The minimum absolute atomic E-state index is 0.0646. The number of rotatable bonds is 7. The number of amides is 2. The van der Waals surface area contributed by atoms with E-state index in [4.69, 9.17) is 4.74 Å². The van der Waals surface area contributed by atoms with Crippen molar-refractivity contribution in [2.24, 2.45) is 11.8 Å². The first-order valence-electron chi connectivity index (χ1n) is 11.2. The molecule has 0 spiro atoms. The second kappa shape index (κ2) is 9.96. The van der Waals surface area contributed by atoms with Crippen molar-refractivity contribution in [2.75, 3.05) is 13.7 Å². The molecule has 6 nitrogen and oxygen atoms in total. The van der Waals surface area contributed by atoms with Crippen LogP contribution < -0.4 is 20.9 Å². The van der Waals surface area contributed by atoms with E-state index >= 15 is 0 Å². The Balaban J connectivity index is 1.34. The van der Waals surface area contributed by atoms with Gasteiger partial charge >= 0.3 is 0 Å². The van der Waals surface area contributed by atoms with Gasteiger partial charge in [-0.05, 0) is 67.0 Å². The number of hydrogen-bond acceptors (Lipinski definition) is 4. The highest BCUT2D eigenvalue weighted by atomic mass is 16.5. The van der Waals surface area contributed by atoms with Gasteiger partial charge in [0.2, 0.25) is 5.91 Å². The Morgan fingerprint density at radius 2 is 1.90 bits per heavy atom. The second-order valence-electron chi connectivity index (χ2n) is 8.56. The number of methoxy groups -OCH3 is 1. The lowest BCUT2D eigenvalue weighted by Gasteiger charge is -2.41. The molecular weight excluding hydrogens is 390 g/mol. The Hall–Kier alpha value is -2.86. The van der Waals surface area contributed by atoms with E-state index < -0.39 is 0 Å². The van der Waals surface area contributed by atoms with E-state index in [2.05, 4.69) is 22.2 Å². The summed E-state index contributed by atoms with van der Waals surface area (Å²) in [6.45, 7) is 0.566. The van der Waals surface area contributed by atoms with Crippen LogP contribution >= 0.6 is 0 Å². The van der Waals surface area contributed by atoms with Gasteiger partial charge in [0.05, 0.1) is 7.11 Å². The minimum atomic E-state index is -0.0646. The molecule has 1 saturated carbocycles. The zero-order valence-corrected chi connectivity index (χ0v) is 18.0. The van der Waals surface area contributed by atoms with Crippen molar-refractivity contribution < 1.29 is 14.3 Å². The monoisotopic (exact) mass is 421 g/mol. The third-order valence-electron chi connectivity index (χ3n) is 6.53. The number of hydrogen-bond donors (Lipinski definition) is 3. The highest BCUT2D eigenvalue weighted by molar-refractivity contribution is 5.94. The second-order valence-corrected chi connectivity index (χ2v) is 8.56. The van der Waals surface area contributed by atoms with Gasteiger partial charge in [-0.3, -0.25) is 15.0 Å². The van der Waals surface area contributed by atoms with E-state index in [0.29, 0.717) is 18.0 Å². The molecule has 1 aliphatic carbocycles. The van der Waals surface area contributed by atoms with Gasteiger partial charge in [-0.2, -0.15) is 0 Å². The molecule has 1 aliphatic heterocycles. The zero-order chi connectivity index (χ0) is 21.6. The van der Waals surface area contributed by atoms with Gasteiger partial charge in [0, 0.05) is 24.1 Å². The van der Waals surface area contributed by atoms with Crippen LogP contribution in [-0.4, -0.2) is 31.5 Å². The molecule has 2 fully saturated rings. The van der Waals surface area contributed by atoms with E-state index in [9.17, 15) is 9.59 Å². The van der Waals surface area contributed by atoms with Gasteiger partial charge in [0.25, 0.3) is 5.91 Å². The molecule has 2 amide bonds. The Labute approximate surface area is 183 Å². The van der Waals surface area contributed by atoms with Gasteiger partial charge in [-0.1, -0.05) is 37.1 Å². The number of carbonyl (C=O) groups is 2. The Morgan fingerprint density at radius 3 is 2.77 bits per heavy atom. The average Bonchev–Trinajstić information content (AvgIpc) is 2.81. The summed E-state index contributed by atoms with van der Waals surface area (Å²) in [4.78, 5) is 24.8. The molecule has 3 unspecified atom stereocenters. The van der Waals surface area contributed by atoms with Crippen LogP contribution in [0.5, 0.6) is 5.75 Å². The molecule has 0 aromatic heterocycles. The van der Waals surface area contributed by atoms with Crippen molar-refractivity contribution in [1.82, 2.24) is 16.2 Å². The topological polar surface area (TPSA) is 79.5 Å². The number of fused-ring (bicyclic) bond motifs is 1. The zero-order valence-electron chi connectivity index (χ0n) is 18.0. The van der Waals surface area contributed by atoms with Crippen LogP contribution in [0.25, 0.3) is 0 Å². The van der Waals surface area contributed by atoms with Crippen LogP contribution in [-0.2, 0) is 17.6 Å². The Morgan fingerprint density at radius 1 is 1.10 bits per heavy atom. The first kappa shape index (κ1) is 21.4. The van der Waals surface area contributed by atoms with Crippen LogP contribution in [0, 0.1) is 11.8 Å². The summed E-state index contributed by atoms with van der Waals surface area (Å²) < 4.78 is 5.25. The molecule has 3 N–H and O–H groups in total. The highest BCUT2D eigenvalue weighted by Gasteiger charge is 2.39. The first-order chi connectivity index (χ1) is 15.1. The van der Waals surface area contributed by atoms with Crippen molar-refractivity contribution >= 4 is 11.8 Å². The maximum absolute atomic E-state index is 12.7. The third-order valence-corrected chi connectivity index (χ3v) is 6.53. The molecule has 2 aliphatic rings. The fourth-order valence-electron chi connectivity index (χ4n) is 4.88. The van der Waals surface area contributed by atoms with Crippen LogP contribution in [0.3, 0.4) is 0 Å². The van der Waals surface area contributed by atoms with Crippen LogP contribution in [0.15, 0.2) is 48.5 Å². The quantitative estimate of drug-likeness (QED) is 0.642. The van der Waals surface area contributed by atoms with Crippen molar-refractivity contribution in [2.45, 2.75) is 44.6 Å². The lowest BCUT2D eigenvalue weighted by atomic mass is 9.72. The standard InChI is InChI=1S/C25H31N3O3/c1-31-20-9-5-6-17(15-20)12-13-26-24(29)19-8-4-7-18(14-19)16-23-21-10-2-3-11-22(21)25(30)28-27-23/h4-9,14-15,21-23,27H,2-3,10-13,16H2,1H3,(H,26,29)(H,28,30). The molecule has 1 saturated heterocycles. The lowest BCUT2D eigenvalue weighted by Crippen LogP contribution is -2.60. The average molecular weight is 422 g/mol. The van der Waals surface area contributed by atoms with Crippen molar-refractivity contribution in [3.05, 3.63) is 65.2 Å². The number of carbonyl (C=O) groups excluding carboxylic acids is 2. The van der Waals surface area contributed by atoms with E-state index in [1.165, 1.54) is 6.42 Å². The maximum atomic E-state index is 12.7. The minimum Gasteiger partial charge on any atom is -0.497 e. The maximum Gasteiger partial charge on any atom is 0.251 e. The number of hydrazine groups is 1. The summed E-state index contributed by atoms with van der Waals surface area (Å²) >= 11 is 0. The highest BCUT2D eigenvalue weighted by Crippen LogP contribution is 2.35.